The van der Waals surface area contributed by atoms with Gasteiger partial charge in [0.2, 0.25) is 6.29 Å². The van der Waals surface area contributed by atoms with Gasteiger partial charge in [0, 0.05) is 11.8 Å². The van der Waals surface area contributed by atoms with Crippen LogP contribution in [0.2, 0.25) is 0 Å². The Morgan fingerprint density at radius 3 is 1.76 bits per heavy atom. The number of fused-ring (bicyclic) bond motifs is 1. The molecule has 11 nitrogen and oxygen atoms in total. The van der Waals surface area contributed by atoms with Crippen LogP contribution in [0.5, 0.6) is 23.0 Å². The van der Waals surface area contributed by atoms with Crippen molar-refractivity contribution < 1.29 is 53.6 Å². The Morgan fingerprint density at radius 1 is 0.711 bits per heavy atom. The maximum atomic E-state index is 10.3. The fourth-order valence-electron chi connectivity index (χ4n) is 5.51. The zero-order chi connectivity index (χ0) is 27.0. The van der Waals surface area contributed by atoms with Gasteiger partial charge in [-0.3, -0.25) is 0 Å². The number of aliphatic hydroxyl groups excluding tert-OH is 4. The van der Waals surface area contributed by atoms with E-state index in [1.807, 2.05) is 24.3 Å². The zero-order valence-electron chi connectivity index (χ0n) is 21.4. The molecule has 5 rings (SSSR count). The number of ether oxygens (including phenoxy) is 7. The van der Waals surface area contributed by atoms with Crippen LogP contribution in [-0.2, 0) is 14.2 Å². The molecule has 11 heteroatoms. The van der Waals surface area contributed by atoms with Crippen molar-refractivity contribution in [3.8, 4) is 23.0 Å². The fraction of sp³-hybridized carbons (Fsp3) is 0.556. The molecule has 3 aliphatic heterocycles. The molecular formula is C27H34O11. The molecule has 0 aromatic heterocycles. The van der Waals surface area contributed by atoms with E-state index in [0.717, 1.165) is 11.1 Å². The monoisotopic (exact) mass is 534 g/mol. The van der Waals surface area contributed by atoms with E-state index in [1.54, 1.807) is 26.4 Å². The first kappa shape index (κ1) is 26.9. The summed E-state index contributed by atoms with van der Waals surface area (Å²) in [7, 11) is 4.69. The van der Waals surface area contributed by atoms with Crippen LogP contribution in [0.3, 0.4) is 0 Å². The largest absolute Gasteiger partial charge is 0.493 e. The van der Waals surface area contributed by atoms with Gasteiger partial charge in [-0.1, -0.05) is 12.1 Å². The summed E-state index contributed by atoms with van der Waals surface area (Å²) in [4.78, 5) is 0. The van der Waals surface area contributed by atoms with Crippen molar-refractivity contribution in [2.45, 2.75) is 42.9 Å². The van der Waals surface area contributed by atoms with Crippen molar-refractivity contribution in [2.24, 2.45) is 11.8 Å². The van der Waals surface area contributed by atoms with Crippen molar-refractivity contribution in [3.63, 3.8) is 0 Å². The molecule has 0 aliphatic carbocycles. The molecular weight excluding hydrogens is 500 g/mol. The minimum Gasteiger partial charge on any atom is -0.493 e. The SMILES string of the molecule is COc1ccc([C@H]2OC[C@H]3[C@@H]2CO[C@@H]3c2ccc(O[C@@H]3O[C@H](CO)C(O)[C@H](O)[C@H]3O)c(OC)c2)cc1OC. The van der Waals surface area contributed by atoms with Crippen molar-refractivity contribution in [1.82, 2.24) is 0 Å². The topological polar surface area (TPSA) is 146 Å². The van der Waals surface area contributed by atoms with Gasteiger partial charge in [-0.15, -0.1) is 0 Å². The molecule has 208 valence electrons. The summed E-state index contributed by atoms with van der Waals surface area (Å²) in [5.74, 6) is 2.21. The Balaban J connectivity index is 1.31. The molecule has 3 fully saturated rings. The van der Waals surface area contributed by atoms with Crippen LogP contribution in [0.4, 0.5) is 0 Å². The average molecular weight is 535 g/mol. The summed E-state index contributed by atoms with van der Waals surface area (Å²) in [5, 5.41) is 39.8. The van der Waals surface area contributed by atoms with E-state index in [9.17, 15) is 20.4 Å². The van der Waals surface area contributed by atoms with Crippen molar-refractivity contribution in [1.29, 1.82) is 0 Å². The smallest absolute Gasteiger partial charge is 0.229 e. The van der Waals surface area contributed by atoms with Crippen LogP contribution in [-0.4, -0.2) is 92.3 Å². The van der Waals surface area contributed by atoms with Crippen LogP contribution < -0.4 is 18.9 Å². The lowest BCUT2D eigenvalue weighted by Gasteiger charge is -2.39. The maximum absolute atomic E-state index is 10.3. The fourth-order valence-corrected chi connectivity index (χ4v) is 5.51. The molecule has 0 bridgehead atoms. The second-order valence-corrected chi connectivity index (χ2v) is 9.68. The van der Waals surface area contributed by atoms with Crippen LogP contribution >= 0.6 is 0 Å². The van der Waals surface area contributed by atoms with Gasteiger partial charge in [0.25, 0.3) is 0 Å². The number of aliphatic hydroxyl groups is 4. The molecule has 4 N–H and O–H groups in total. The molecule has 38 heavy (non-hydrogen) atoms. The molecule has 2 aromatic carbocycles. The highest BCUT2D eigenvalue weighted by Gasteiger charge is 2.49. The van der Waals surface area contributed by atoms with Gasteiger partial charge in [-0.2, -0.15) is 0 Å². The summed E-state index contributed by atoms with van der Waals surface area (Å²) < 4.78 is 40.1. The lowest BCUT2D eigenvalue weighted by atomic mass is 9.85. The quantitative estimate of drug-likeness (QED) is 0.384. The van der Waals surface area contributed by atoms with Crippen LogP contribution in [0.1, 0.15) is 23.3 Å². The summed E-state index contributed by atoms with van der Waals surface area (Å²) in [6.45, 7) is 0.508. The van der Waals surface area contributed by atoms with Crippen LogP contribution in [0, 0.1) is 11.8 Å². The lowest BCUT2D eigenvalue weighted by Crippen LogP contribution is -2.60. The number of methoxy groups -OCH3 is 3. The Bertz CT molecular complexity index is 1110. The van der Waals surface area contributed by atoms with Crippen molar-refractivity contribution >= 4 is 0 Å². The standard InChI is InChI=1S/C27H34O11/c1-32-17-6-4-13(8-19(17)33-2)25-15-11-36-26(16(15)12-35-25)14-5-7-18(20(9-14)34-3)37-27-24(31)23(30)22(29)21(10-28)38-27/h4-9,15-16,21-31H,10-12H2,1-3H3/t15-,16-,21+,22?,23-,24+,25+,26+,27+/m0/s1. The van der Waals surface area contributed by atoms with E-state index >= 15 is 0 Å². The van der Waals surface area contributed by atoms with Gasteiger partial charge in [0.05, 0.1) is 53.4 Å². The number of hydrogen-bond acceptors (Lipinski definition) is 11. The molecule has 0 radical (unpaired) electrons. The van der Waals surface area contributed by atoms with Gasteiger partial charge >= 0.3 is 0 Å². The second-order valence-electron chi connectivity index (χ2n) is 9.68. The summed E-state index contributed by atoms with van der Waals surface area (Å²) >= 11 is 0. The summed E-state index contributed by atoms with van der Waals surface area (Å²) in [6, 6.07) is 11.1. The van der Waals surface area contributed by atoms with Crippen LogP contribution in [0.25, 0.3) is 0 Å². The normalized spacial score (nSPS) is 34.6. The molecule has 3 aliphatic rings. The Kier molecular flexibility index (Phi) is 7.96. The Labute approximate surface area is 220 Å². The van der Waals surface area contributed by atoms with Crippen molar-refractivity contribution in [3.05, 3.63) is 47.5 Å². The Hall–Kier alpha value is -2.64. The van der Waals surface area contributed by atoms with Gasteiger partial charge < -0.3 is 53.6 Å². The van der Waals surface area contributed by atoms with E-state index in [0.29, 0.717) is 30.5 Å². The van der Waals surface area contributed by atoms with Gasteiger partial charge in [-0.05, 0) is 35.4 Å². The molecule has 0 saturated carbocycles. The van der Waals surface area contributed by atoms with Gasteiger partial charge in [0.15, 0.2) is 23.0 Å². The molecule has 0 spiro atoms. The van der Waals surface area contributed by atoms with Crippen molar-refractivity contribution in [2.75, 3.05) is 41.2 Å². The summed E-state index contributed by atoms with van der Waals surface area (Å²) in [5.41, 5.74) is 1.88. The molecule has 3 saturated heterocycles. The summed E-state index contributed by atoms with van der Waals surface area (Å²) in [6.07, 6.45) is -7.29. The third-order valence-corrected chi connectivity index (χ3v) is 7.61. The molecule has 1 unspecified atom stereocenters. The van der Waals surface area contributed by atoms with Gasteiger partial charge in [-0.25, -0.2) is 0 Å². The van der Waals surface area contributed by atoms with E-state index in [4.69, 9.17) is 33.2 Å². The molecule has 0 amide bonds. The minimum absolute atomic E-state index is 0.120. The number of rotatable bonds is 8. The first-order chi connectivity index (χ1) is 18.4. The first-order valence-corrected chi connectivity index (χ1v) is 12.5. The highest BCUT2D eigenvalue weighted by atomic mass is 16.7. The number of benzene rings is 2. The molecule has 9 atom stereocenters. The third-order valence-electron chi connectivity index (χ3n) is 7.61. The van der Waals surface area contributed by atoms with E-state index in [-0.39, 0.29) is 29.8 Å². The predicted octanol–water partition coefficient (Wildman–Crippen LogP) is 0.966. The predicted molar refractivity (Wildman–Crippen MR) is 131 cm³/mol. The third kappa shape index (κ3) is 4.79. The van der Waals surface area contributed by atoms with Crippen LogP contribution in [0.15, 0.2) is 36.4 Å². The minimum atomic E-state index is -1.54. The van der Waals surface area contributed by atoms with Gasteiger partial charge in [0.1, 0.15) is 24.4 Å². The Morgan fingerprint density at radius 2 is 1.24 bits per heavy atom. The van der Waals surface area contributed by atoms with E-state index < -0.39 is 37.3 Å². The molecule has 2 aromatic rings. The number of hydrogen-bond donors (Lipinski definition) is 4. The maximum Gasteiger partial charge on any atom is 0.229 e. The highest BCUT2D eigenvalue weighted by Crippen LogP contribution is 2.51. The first-order valence-electron chi connectivity index (χ1n) is 12.5. The van der Waals surface area contributed by atoms with E-state index in [2.05, 4.69) is 0 Å². The second kappa shape index (κ2) is 11.2. The lowest BCUT2D eigenvalue weighted by molar-refractivity contribution is -0.277. The van der Waals surface area contributed by atoms with E-state index in [1.165, 1.54) is 7.11 Å². The average Bonchev–Trinajstić information content (AvgIpc) is 3.55. The highest BCUT2D eigenvalue weighted by molar-refractivity contribution is 5.45. The zero-order valence-corrected chi connectivity index (χ0v) is 21.4. The molecule has 3 heterocycles.